The number of aromatic nitrogens is 2. The molecule has 0 saturated carbocycles. The molecule has 0 aliphatic rings. The highest BCUT2D eigenvalue weighted by Gasteiger charge is 2.10. The number of benzene rings is 1. The molecular formula is C13H13Cl2N3O. The van der Waals surface area contributed by atoms with Crippen molar-refractivity contribution in [2.45, 2.75) is 13.5 Å². The molecule has 1 aromatic carbocycles. The molecule has 0 saturated heterocycles. The van der Waals surface area contributed by atoms with Gasteiger partial charge in [-0.2, -0.15) is 0 Å². The Hall–Kier alpha value is -1.52. The van der Waals surface area contributed by atoms with Crippen molar-refractivity contribution in [2.24, 2.45) is 0 Å². The van der Waals surface area contributed by atoms with Crippen molar-refractivity contribution in [3.63, 3.8) is 0 Å². The summed E-state index contributed by atoms with van der Waals surface area (Å²) < 4.78 is 5.28. The van der Waals surface area contributed by atoms with Crippen LogP contribution in [-0.4, -0.2) is 17.1 Å². The van der Waals surface area contributed by atoms with Gasteiger partial charge in [-0.3, -0.25) is 0 Å². The number of rotatable bonds is 4. The number of anilines is 1. The molecular weight excluding hydrogens is 285 g/mol. The summed E-state index contributed by atoms with van der Waals surface area (Å²) in [6, 6.07) is 7.71. The third kappa shape index (κ3) is 3.28. The zero-order valence-corrected chi connectivity index (χ0v) is 12.1. The molecule has 0 spiro atoms. The van der Waals surface area contributed by atoms with E-state index in [2.05, 4.69) is 15.3 Å². The van der Waals surface area contributed by atoms with Crippen molar-refractivity contribution in [2.75, 3.05) is 12.4 Å². The lowest BCUT2D eigenvalue weighted by molar-refractivity contribution is 0.410. The zero-order valence-electron chi connectivity index (χ0n) is 10.6. The Kier molecular flexibility index (Phi) is 4.45. The molecule has 1 N–H and O–H groups in total. The van der Waals surface area contributed by atoms with Crippen molar-refractivity contribution in [1.82, 2.24) is 9.97 Å². The second-order valence-electron chi connectivity index (χ2n) is 3.89. The van der Waals surface area contributed by atoms with Gasteiger partial charge in [-0.15, -0.1) is 0 Å². The van der Waals surface area contributed by atoms with Crippen LogP contribution >= 0.6 is 23.2 Å². The molecule has 4 nitrogen and oxygen atoms in total. The van der Waals surface area contributed by atoms with E-state index in [4.69, 9.17) is 27.9 Å². The summed E-state index contributed by atoms with van der Waals surface area (Å²) >= 11 is 12.1. The summed E-state index contributed by atoms with van der Waals surface area (Å²) in [6.07, 6.45) is 0. The minimum Gasteiger partial charge on any atom is -0.496 e. The van der Waals surface area contributed by atoms with Gasteiger partial charge in [-0.05, 0) is 13.0 Å². The molecule has 100 valence electrons. The lowest BCUT2D eigenvalue weighted by Gasteiger charge is -2.12. The lowest BCUT2D eigenvalue weighted by atomic mass is 10.2. The molecule has 1 aromatic heterocycles. The molecule has 2 aromatic rings. The van der Waals surface area contributed by atoms with Crippen LogP contribution in [0, 0.1) is 6.92 Å². The topological polar surface area (TPSA) is 47.0 Å². The van der Waals surface area contributed by atoms with Gasteiger partial charge < -0.3 is 10.1 Å². The number of nitrogens with one attached hydrogen (secondary N) is 1. The summed E-state index contributed by atoms with van der Waals surface area (Å²) in [7, 11) is 1.63. The Labute approximate surface area is 121 Å². The molecule has 1 heterocycles. The third-order valence-electron chi connectivity index (χ3n) is 2.58. The standard InChI is InChI=1S/C13H13Cl2N3O/c1-8-17-12(14)11(13(15)18-8)16-7-9-5-3-4-6-10(9)19-2/h3-6,16H,7H2,1-2H3. The van der Waals surface area contributed by atoms with Gasteiger partial charge in [0.1, 0.15) is 17.3 Å². The van der Waals surface area contributed by atoms with Gasteiger partial charge in [0.05, 0.1) is 7.11 Å². The van der Waals surface area contributed by atoms with E-state index in [1.165, 1.54) is 0 Å². The predicted molar refractivity (Wildman–Crippen MR) is 77.1 cm³/mol. The first-order chi connectivity index (χ1) is 9.11. The Morgan fingerprint density at radius 2 is 1.79 bits per heavy atom. The van der Waals surface area contributed by atoms with Crippen LogP contribution in [0.25, 0.3) is 0 Å². The minimum absolute atomic E-state index is 0.312. The summed E-state index contributed by atoms with van der Waals surface area (Å²) in [5.74, 6) is 1.34. The summed E-state index contributed by atoms with van der Waals surface area (Å²) in [6.45, 7) is 2.26. The third-order valence-corrected chi connectivity index (χ3v) is 3.13. The van der Waals surface area contributed by atoms with E-state index in [1.54, 1.807) is 14.0 Å². The van der Waals surface area contributed by atoms with Gasteiger partial charge in [0.15, 0.2) is 10.3 Å². The number of hydrogen-bond acceptors (Lipinski definition) is 4. The average molecular weight is 298 g/mol. The molecule has 19 heavy (non-hydrogen) atoms. The minimum atomic E-state index is 0.312. The van der Waals surface area contributed by atoms with E-state index in [1.807, 2.05) is 24.3 Å². The molecule has 0 aliphatic carbocycles. The molecule has 2 rings (SSSR count). The van der Waals surface area contributed by atoms with E-state index >= 15 is 0 Å². The highest BCUT2D eigenvalue weighted by atomic mass is 35.5. The van der Waals surface area contributed by atoms with Crippen LogP contribution < -0.4 is 10.1 Å². The van der Waals surface area contributed by atoms with Crippen molar-refractivity contribution in [1.29, 1.82) is 0 Å². The predicted octanol–water partition coefficient (Wildman–Crippen LogP) is 3.71. The van der Waals surface area contributed by atoms with Crippen molar-refractivity contribution in [3.05, 3.63) is 46.0 Å². The second-order valence-corrected chi connectivity index (χ2v) is 4.61. The lowest BCUT2D eigenvalue weighted by Crippen LogP contribution is -2.05. The fourth-order valence-electron chi connectivity index (χ4n) is 1.68. The fourth-order valence-corrected chi connectivity index (χ4v) is 2.29. The highest BCUT2D eigenvalue weighted by molar-refractivity contribution is 6.37. The maximum Gasteiger partial charge on any atom is 0.157 e. The Morgan fingerprint density at radius 3 is 2.42 bits per heavy atom. The van der Waals surface area contributed by atoms with Crippen LogP contribution in [0.3, 0.4) is 0 Å². The van der Waals surface area contributed by atoms with Crippen LogP contribution in [0.2, 0.25) is 10.3 Å². The van der Waals surface area contributed by atoms with Gasteiger partial charge in [0.2, 0.25) is 0 Å². The number of ether oxygens (including phenoxy) is 1. The van der Waals surface area contributed by atoms with Crippen molar-refractivity contribution in [3.8, 4) is 5.75 Å². The first kappa shape index (κ1) is 13.9. The first-order valence-electron chi connectivity index (χ1n) is 5.67. The zero-order chi connectivity index (χ0) is 13.8. The molecule has 0 aliphatic heterocycles. The Balaban J connectivity index is 2.19. The monoisotopic (exact) mass is 297 g/mol. The highest BCUT2D eigenvalue weighted by Crippen LogP contribution is 2.28. The van der Waals surface area contributed by atoms with E-state index in [9.17, 15) is 0 Å². The molecule has 0 fully saturated rings. The van der Waals surface area contributed by atoms with E-state index in [-0.39, 0.29) is 0 Å². The second kappa shape index (κ2) is 6.08. The van der Waals surface area contributed by atoms with Crippen LogP contribution in [0.4, 0.5) is 5.69 Å². The van der Waals surface area contributed by atoms with Gasteiger partial charge >= 0.3 is 0 Å². The fraction of sp³-hybridized carbons (Fsp3) is 0.231. The van der Waals surface area contributed by atoms with Gasteiger partial charge in [-0.1, -0.05) is 41.4 Å². The number of nitrogens with zero attached hydrogens (tertiary/aromatic N) is 2. The number of methoxy groups -OCH3 is 1. The largest absolute Gasteiger partial charge is 0.496 e. The number of halogens is 2. The molecule has 0 amide bonds. The summed E-state index contributed by atoms with van der Waals surface area (Å²) in [4.78, 5) is 8.13. The Morgan fingerprint density at radius 1 is 1.16 bits per heavy atom. The number of para-hydroxylation sites is 1. The molecule has 0 bridgehead atoms. The van der Waals surface area contributed by atoms with Gasteiger partial charge in [0.25, 0.3) is 0 Å². The molecule has 6 heteroatoms. The normalized spacial score (nSPS) is 10.3. The van der Waals surface area contributed by atoms with E-state index < -0.39 is 0 Å². The molecule has 0 unspecified atom stereocenters. The van der Waals surface area contributed by atoms with E-state index in [0.717, 1.165) is 11.3 Å². The molecule has 0 atom stereocenters. The van der Waals surface area contributed by atoms with Gasteiger partial charge in [-0.25, -0.2) is 9.97 Å². The maximum atomic E-state index is 6.05. The first-order valence-corrected chi connectivity index (χ1v) is 6.43. The molecule has 0 radical (unpaired) electrons. The van der Waals surface area contributed by atoms with Crippen molar-refractivity contribution >= 4 is 28.9 Å². The maximum absolute atomic E-state index is 6.05. The number of hydrogen-bond donors (Lipinski definition) is 1. The SMILES string of the molecule is COc1ccccc1CNc1c(Cl)nc(C)nc1Cl. The Bertz CT molecular complexity index is 567. The number of aryl methyl sites for hydroxylation is 1. The summed E-state index contributed by atoms with van der Waals surface area (Å²) in [5.41, 5.74) is 1.53. The van der Waals surface area contributed by atoms with Crippen LogP contribution in [0.15, 0.2) is 24.3 Å². The van der Waals surface area contributed by atoms with Crippen molar-refractivity contribution < 1.29 is 4.74 Å². The van der Waals surface area contributed by atoms with Crippen LogP contribution in [-0.2, 0) is 6.54 Å². The van der Waals surface area contributed by atoms with Gasteiger partial charge in [0, 0.05) is 12.1 Å². The van der Waals surface area contributed by atoms with E-state index in [0.29, 0.717) is 28.4 Å². The summed E-state index contributed by atoms with van der Waals surface area (Å²) in [5, 5.41) is 3.76. The average Bonchev–Trinajstić information content (AvgIpc) is 2.38. The quantitative estimate of drug-likeness (QED) is 0.874. The van der Waals surface area contributed by atoms with Crippen LogP contribution in [0.1, 0.15) is 11.4 Å². The smallest absolute Gasteiger partial charge is 0.157 e. The van der Waals surface area contributed by atoms with Crippen LogP contribution in [0.5, 0.6) is 5.75 Å².